The molecule has 0 spiro atoms. The number of allylic oxidation sites excluding steroid dienone is 6. The first-order valence-corrected chi connectivity index (χ1v) is 13.2. The predicted octanol–water partition coefficient (Wildman–Crippen LogP) is 4.97. The number of nitrogens with zero attached hydrogens (tertiary/aromatic N) is 4. The van der Waals surface area contributed by atoms with Crippen LogP contribution in [0.4, 0.5) is 15.8 Å². The van der Waals surface area contributed by atoms with E-state index >= 15 is 4.39 Å². The summed E-state index contributed by atoms with van der Waals surface area (Å²) in [6.45, 7) is 3.26. The Morgan fingerprint density at radius 2 is 2.05 bits per heavy atom. The molecule has 2 aliphatic heterocycles. The van der Waals surface area contributed by atoms with Gasteiger partial charge in [0.1, 0.15) is 11.5 Å². The molecule has 2 fully saturated rings. The number of hydrogen-bond donors (Lipinski definition) is 1. The Morgan fingerprint density at radius 1 is 1.24 bits per heavy atom. The lowest BCUT2D eigenvalue weighted by atomic mass is 10.1. The molecule has 3 atom stereocenters. The zero-order chi connectivity index (χ0) is 26.5. The molecule has 1 aromatic heterocycles. The number of methoxy groups -OCH3 is 1. The number of ketones is 1. The monoisotopic (exact) mass is 519 g/mol. The average Bonchev–Trinajstić information content (AvgIpc) is 3.42. The molecular weight excluding hydrogens is 485 g/mol. The highest BCUT2D eigenvalue weighted by Gasteiger charge is 2.34. The number of halogens is 1. The second-order valence-corrected chi connectivity index (χ2v) is 9.78. The van der Waals surface area contributed by atoms with Gasteiger partial charge < -0.3 is 14.4 Å². The van der Waals surface area contributed by atoms with Crippen LogP contribution in [0.2, 0.25) is 0 Å². The highest BCUT2D eigenvalue weighted by Crippen LogP contribution is 2.31. The summed E-state index contributed by atoms with van der Waals surface area (Å²) in [5.41, 5.74) is 4.84. The van der Waals surface area contributed by atoms with Crippen LogP contribution in [0.1, 0.15) is 44.3 Å². The van der Waals surface area contributed by atoms with Gasteiger partial charge in [0, 0.05) is 37.1 Å². The van der Waals surface area contributed by atoms with Gasteiger partial charge in [0.25, 0.3) is 0 Å². The number of morpholine rings is 1. The van der Waals surface area contributed by atoms with E-state index in [9.17, 15) is 4.79 Å². The van der Waals surface area contributed by atoms with Crippen LogP contribution in [0.5, 0.6) is 0 Å². The van der Waals surface area contributed by atoms with Gasteiger partial charge in [-0.2, -0.15) is 10.2 Å². The molecule has 1 aliphatic carbocycles. The number of anilines is 2. The smallest absolute Gasteiger partial charge is 0.243 e. The quantitative estimate of drug-likeness (QED) is 0.218. The Kier molecular flexibility index (Phi) is 8.03. The molecule has 1 N–H and O–H groups in total. The standard InChI is InChI=1S/C29H34FN5O3/c1-3-28(37-2)29(36)27(17-22-14-15-31-35(22)20-8-6-4-5-7-9-20)33-32-26-13-10-21(16-25(26)30)34-18-23-11-12-24(19-34)38-23/h3-6,8,10,13-16,20,23-24,32H,7,9,11-12,17-19H2,1-2H3/b28-3+,33-27-. The van der Waals surface area contributed by atoms with E-state index in [2.05, 4.69) is 32.7 Å². The molecule has 2 aromatic rings. The number of benzene rings is 1. The van der Waals surface area contributed by atoms with Crippen LogP contribution in [-0.4, -0.2) is 53.7 Å². The SMILES string of the molecule is C/C=C(/OC)C(=O)/C(Cc1ccnn1C1C=CC=CCC1)=N\Nc1ccc(N2CC3CCC(C2)O3)cc1F. The first-order valence-electron chi connectivity index (χ1n) is 13.2. The largest absolute Gasteiger partial charge is 0.493 e. The van der Waals surface area contributed by atoms with Crippen molar-refractivity contribution < 1.29 is 18.7 Å². The third-order valence-electron chi connectivity index (χ3n) is 7.27. The summed E-state index contributed by atoms with van der Waals surface area (Å²) in [4.78, 5) is 15.5. The van der Waals surface area contributed by atoms with Crippen molar-refractivity contribution in [3.63, 3.8) is 0 Å². The second-order valence-electron chi connectivity index (χ2n) is 9.78. The molecule has 0 saturated carbocycles. The number of ether oxygens (including phenoxy) is 2. The molecule has 5 rings (SSSR count). The minimum absolute atomic E-state index is 0.0725. The topological polar surface area (TPSA) is 81.0 Å². The fraction of sp³-hybridized carbons (Fsp3) is 0.414. The summed E-state index contributed by atoms with van der Waals surface area (Å²) in [6.07, 6.45) is 16.2. The van der Waals surface area contributed by atoms with Gasteiger partial charge in [-0.3, -0.25) is 14.9 Å². The van der Waals surface area contributed by atoms with Crippen molar-refractivity contribution in [2.75, 3.05) is 30.5 Å². The van der Waals surface area contributed by atoms with E-state index < -0.39 is 5.82 Å². The van der Waals surface area contributed by atoms with Crippen molar-refractivity contribution in [2.45, 2.75) is 57.3 Å². The zero-order valence-corrected chi connectivity index (χ0v) is 21.8. The number of carbonyl (C=O) groups is 1. The first kappa shape index (κ1) is 25.9. The summed E-state index contributed by atoms with van der Waals surface area (Å²) in [6, 6.07) is 7.00. The van der Waals surface area contributed by atoms with Gasteiger partial charge in [-0.25, -0.2) is 4.39 Å². The van der Waals surface area contributed by atoms with E-state index in [0.29, 0.717) is 0 Å². The van der Waals surface area contributed by atoms with Crippen molar-refractivity contribution in [2.24, 2.45) is 5.10 Å². The number of rotatable bonds is 9. The lowest BCUT2D eigenvalue weighted by Crippen LogP contribution is -2.42. The molecule has 9 heteroatoms. The van der Waals surface area contributed by atoms with Crippen molar-refractivity contribution >= 4 is 22.9 Å². The summed E-state index contributed by atoms with van der Waals surface area (Å²) in [5, 5.41) is 8.89. The summed E-state index contributed by atoms with van der Waals surface area (Å²) in [7, 11) is 1.45. The van der Waals surface area contributed by atoms with Crippen LogP contribution in [-0.2, 0) is 20.7 Å². The maximum absolute atomic E-state index is 15.1. The first-order chi connectivity index (χ1) is 18.6. The molecule has 8 nitrogen and oxygen atoms in total. The van der Waals surface area contributed by atoms with Gasteiger partial charge in [0.2, 0.25) is 5.78 Å². The number of nitrogens with one attached hydrogen (secondary N) is 1. The summed E-state index contributed by atoms with van der Waals surface area (Å²) in [5.74, 6) is -0.627. The minimum atomic E-state index is -0.434. The van der Waals surface area contributed by atoms with Crippen LogP contribution in [0.15, 0.2) is 71.7 Å². The minimum Gasteiger partial charge on any atom is -0.493 e. The number of hydrogen-bond acceptors (Lipinski definition) is 7. The number of Topliss-reactive ketones (excluding diaryl/α,β-unsaturated/α-hetero) is 1. The Balaban J connectivity index is 1.36. The number of carbonyl (C=O) groups excluding carboxylic acids is 1. The number of fused-ring (bicyclic) bond motifs is 2. The average molecular weight is 520 g/mol. The van der Waals surface area contributed by atoms with Crippen molar-refractivity contribution in [3.8, 4) is 0 Å². The molecule has 3 unspecified atom stereocenters. The molecule has 2 saturated heterocycles. The Bertz CT molecular complexity index is 1270. The molecule has 200 valence electrons. The second kappa shape index (κ2) is 11.8. The third kappa shape index (κ3) is 5.72. The predicted molar refractivity (Wildman–Crippen MR) is 146 cm³/mol. The normalized spacial score (nSPS) is 23.4. The van der Waals surface area contributed by atoms with Crippen LogP contribution < -0.4 is 10.3 Å². The highest BCUT2D eigenvalue weighted by atomic mass is 19.1. The Labute approximate surface area is 222 Å². The maximum atomic E-state index is 15.1. The Hall–Kier alpha value is -3.72. The Morgan fingerprint density at radius 3 is 2.79 bits per heavy atom. The van der Waals surface area contributed by atoms with Gasteiger partial charge in [-0.05, 0) is 62.9 Å². The van der Waals surface area contributed by atoms with E-state index in [4.69, 9.17) is 9.47 Å². The fourth-order valence-electron chi connectivity index (χ4n) is 5.29. The van der Waals surface area contributed by atoms with Crippen LogP contribution in [0.3, 0.4) is 0 Å². The highest BCUT2D eigenvalue weighted by molar-refractivity contribution is 6.45. The van der Waals surface area contributed by atoms with E-state index in [1.54, 1.807) is 25.3 Å². The van der Waals surface area contributed by atoms with Gasteiger partial charge in [-0.1, -0.05) is 24.3 Å². The van der Waals surface area contributed by atoms with Crippen LogP contribution in [0, 0.1) is 5.82 Å². The van der Waals surface area contributed by atoms with E-state index in [1.807, 2.05) is 29.0 Å². The van der Waals surface area contributed by atoms with Crippen LogP contribution >= 0.6 is 0 Å². The lowest BCUT2D eigenvalue weighted by molar-refractivity contribution is -0.112. The molecule has 2 bridgehead atoms. The van der Waals surface area contributed by atoms with E-state index in [0.717, 1.165) is 50.2 Å². The zero-order valence-electron chi connectivity index (χ0n) is 21.8. The van der Waals surface area contributed by atoms with Gasteiger partial charge in [0.15, 0.2) is 5.76 Å². The van der Waals surface area contributed by atoms with Gasteiger partial charge in [0.05, 0.1) is 31.0 Å². The molecular formula is C29H34FN5O3. The van der Waals surface area contributed by atoms with E-state index in [-0.39, 0.29) is 47.6 Å². The van der Waals surface area contributed by atoms with E-state index in [1.165, 1.54) is 13.2 Å². The molecule has 0 radical (unpaired) electrons. The molecule has 0 amide bonds. The van der Waals surface area contributed by atoms with Crippen molar-refractivity contribution in [3.05, 3.63) is 78.1 Å². The lowest BCUT2D eigenvalue weighted by Gasteiger charge is -2.34. The van der Waals surface area contributed by atoms with Gasteiger partial charge in [-0.15, -0.1) is 0 Å². The molecule has 3 aliphatic rings. The van der Waals surface area contributed by atoms with Crippen molar-refractivity contribution in [1.82, 2.24) is 9.78 Å². The van der Waals surface area contributed by atoms with Crippen molar-refractivity contribution in [1.29, 1.82) is 0 Å². The summed E-state index contributed by atoms with van der Waals surface area (Å²) < 4.78 is 28.2. The van der Waals surface area contributed by atoms with Crippen LogP contribution in [0.25, 0.3) is 0 Å². The van der Waals surface area contributed by atoms with Gasteiger partial charge >= 0.3 is 0 Å². The maximum Gasteiger partial charge on any atom is 0.243 e. The number of hydrazone groups is 1. The molecule has 1 aromatic carbocycles. The summed E-state index contributed by atoms with van der Waals surface area (Å²) >= 11 is 0. The fourth-order valence-corrected chi connectivity index (χ4v) is 5.29. The molecule has 3 heterocycles. The third-order valence-corrected chi connectivity index (χ3v) is 7.27. The molecule has 38 heavy (non-hydrogen) atoms. The number of aromatic nitrogens is 2.